The number of rotatable bonds is 5. The maximum atomic E-state index is 9.38. The third-order valence-electron chi connectivity index (χ3n) is 3.83. The van der Waals surface area contributed by atoms with Crippen LogP contribution in [0.3, 0.4) is 0 Å². The number of nitriles is 1. The second kappa shape index (κ2) is 5.10. The predicted molar refractivity (Wildman–Crippen MR) is 71.6 cm³/mol. The number of nitrogens with zero attached hydrogens (tertiary/aromatic N) is 5. The lowest BCUT2D eigenvalue weighted by Crippen LogP contribution is -2.41. The Balaban J connectivity index is 1.65. The molecular formula is C12H18N6S. The van der Waals surface area contributed by atoms with Crippen molar-refractivity contribution < 1.29 is 0 Å². The lowest BCUT2D eigenvalue weighted by Gasteiger charge is -2.21. The van der Waals surface area contributed by atoms with Crippen LogP contribution in [0.4, 0.5) is 0 Å². The molecular weight excluding hydrogens is 260 g/mol. The lowest BCUT2D eigenvalue weighted by molar-refractivity contribution is 0.436. The Bertz CT molecular complexity index is 491. The second-order valence-electron chi connectivity index (χ2n) is 5.34. The van der Waals surface area contributed by atoms with Crippen LogP contribution in [-0.4, -0.2) is 37.5 Å². The first kappa shape index (κ1) is 12.9. The van der Waals surface area contributed by atoms with Gasteiger partial charge in [0.1, 0.15) is 5.54 Å². The molecule has 2 aliphatic carbocycles. The summed E-state index contributed by atoms with van der Waals surface area (Å²) >= 11 is 1.73. The smallest absolute Gasteiger partial charge is 0.209 e. The molecule has 1 heterocycles. The molecule has 0 saturated heterocycles. The van der Waals surface area contributed by atoms with Crippen molar-refractivity contribution in [2.45, 2.75) is 61.0 Å². The van der Waals surface area contributed by atoms with Crippen LogP contribution < -0.4 is 5.32 Å². The summed E-state index contributed by atoms with van der Waals surface area (Å²) in [5.74, 6) is 0. The third kappa shape index (κ3) is 2.60. The first-order valence-electron chi connectivity index (χ1n) is 6.87. The van der Waals surface area contributed by atoms with Crippen molar-refractivity contribution in [3.05, 3.63) is 0 Å². The highest BCUT2D eigenvalue weighted by Crippen LogP contribution is 2.42. The number of hydrogen-bond donors (Lipinski definition) is 1. The molecule has 2 saturated carbocycles. The molecule has 0 aromatic carbocycles. The summed E-state index contributed by atoms with van der Waals surface area (Å²) in [6.07, 6.45) is 5.20. The van der Waals surface area contributed by atoms with Crippen molar-refractivity contribution in [1.82, 2.24) is 25.5 Å². The summed E-state index contributed by atoms with van der Waals surface area (Å²) in [6, 6.07) is 2.96. The normalized spacial score (nSPS) is 30.4. The van der Waals surface area contributed by atoms with Gasteiger partial charge in [-0.1, -0.05) is 18.7 Å². The summed E-state index contributed by atoms with van der Waals surface area (Å²) < 4.78 is 1.95. The summed E-state index contributed by atoms with van der Waals surface area (Å²) in [7, 11) is 0. The van der Waals surface area contributed by atoms with Crippen molar-refractivity contribution in [2.24, 2.45) is 0 Å². The number of thioether (sulfide) groups is 1. The SMILES string of the molecule is CCNC1(C#N)CCC(Sc2nnnn2C2CC2)C1. The molecule has 0 bridgehead atoms. The van der Waals surface area contributed by atoms with Gasteiger partial charge < -0.3 is 0 Å². The Kier molecular flexibility index (Phi) is 3.46. The van der Waals surface area contributed by atoms with E-state index >= 15 is 0 Å². The molecule has 1 aromatic rings. The van der Waals surface area contributed by atoms with Crippen LogP contribution in [0.2, 0.25) is 0 Å². The largest absolute Gasteiger partial charge is 0.300 e. The van der Waals surface area contributed by atoms with Crippen molar-refractivity contribution in [2.75, 3.05) is 6.54 Å². The van der Waals surface area contributed by atoms with Gasteiger partial charge in [-0.25, -0.2) is 4.68 Å². The number of nitrogens with one attached hydrogen (secondary N) is 1. The molecule has 3 rings (SSSR count). The Morgan fingerprint density at radius 1 is 1.53 bits per heavy atom. The maximum absolute atomic E-state index is 9.38. The molecule has 0 spiro atoms. The molecule has 2 atom stereocenters. The zero-order valence-corrected chi connectivity index (χ0v) is 11.9. The Morgan fingerprint density at radius 2 is 2.37 bits per heavy atom. The van der Waals surface area contributed by atoms with Gasteiger partial charge in [0.05, 0.1) is 12.1 Å². The van der Waals surface area contributed by atoms with E-state index in [9.17, 15) is 5.26 Å². The van der Waals surface area contributed by atoms with E-state index in [-0.39, 0.29) is 5.54 Å². The van der Waals surface area contributed by atoms with Crippen LogP contribution >= 0.6 is 11.8 Å². The van der Waals surface area contributed by atoms with Gasteiger partial charge in [-0.2, -0.15) is 5.26 Å². The van der Waals surface area contributed by atoms with Crippen LogP contribution in [0.15, 0.2) is 5.16 Å². The highest BCUT2D eigenvalue weighted by atomic mass is 32.2. The first-order valence-corrected chi connectivity index (χ1v) is 7.75. The van der Waals surface area contributed by atoms with E-state index in [1.807, 2.05) is 11.6 Å². The standard InChI is InChI=1S/C12H18N6S/c1-2-14-12(8-13)6-5-10(7-12)19-11-15-16-17-18(11)9-3-4-9/h9-10,14H,2-7H2,1H3. The van der Waals surface area contributed by atoms with Crippen LogP contribution in [0, 0.1) is 11.3 Å². The zero-order chi connectivity index (χ0) is 13.3. The summed E-state index contributed by atoms with van der Waals surface area (Å²) in [5.41, 5.74) is -0.343. The van der Waals surface area contributed by atoms with E-state index in [0.717, 1.165) is 31.0 Å². The molecule has 1 aromatic heterocycles. The van der Waals surface area contributed by atoms with Crippen molar-refractivity contribution in [3.8, 4) is 6.07 Å². The predicted octanol–water partition coefficient (Wildman–Crippen LogP) is 1.52. The van der Waals surface area contributed by atoms with E-state index in [1.54, 1.807) is 11.8 Å². The molecule has 2 unspecified atom stereocenters. The van der Waals surface area contributed by atoms with Gasteiger partial charge in [-0.15, -0.1) is 5.10 Å². The molecule has 7 heteroatoms. The first-order chi connectivity index (χ1) is 9.26. The fraction of sp³-hybridized carbons (Fsp3) is 0.833. The van der Waals surface area contributed by atoms with E-state index in [1.165, 1.54) is 12.8 Å². The molecule has 0 radical (unpaired) electrons. The van der Waals surface area contributed by atoms with Gasteiger partial charge >= 0.3 is 0 Å². The second-order valence-corrected chi connectivity index (χ2v) is 6.61. The highest BCUT2D eigenvalue weighted by molar-refractivity contribution is 7.99. The topological polar surface area (TPSA) is 79.4 Å². The summed E-state index contributed by atoms with van der Waals surface area (Å²) in [6.45, 7) is 2.89. The molecule has 2 aliphatic rings. The molecule has 6 nitrogen and oxygen atoms in total. The number of hydrogen-bond acceptors (Lipinski definition) is 6. The summed E-state index contributed by atoms with van der Waals surface area (Å²) in [4.78, 5) is 0. The Labute approximate surface area is 116 Å². The van der Waals surface area contributed by atoms with E-state index < -0.39 is 0 Å². The fourth-order valence-electron chi connectivity index (χ4n) is 2.70. The third-order valence-corrected chi connectivity index (χ3v) is 5.04. The quantitative estimate of drug-likeness (QED) is 0.879. The highest BCUT2D eigenvalue weighted by Gasteiger charge is 2.40. The van der Waals surface area contributed by atoms with E-state index in [2.05, 4.69) is 26.9 Å². The average Bonchev–Trinajstić information content (AvgIpc) is 3.03. The van der Waals surface area contributed by atoms with Crippen molar-refractivity contribution in [3.63, 3.8) is 0 Å². The molecule has 0 amide bonds. The Hall–Kier alpha value is -1.13. The fourth-order valence-corrected chi connectivity index (χ4v) is 3.98. The van der Waals surface area contributed by atoms with Gasteiger partial charge in [0.2, 0.25) is 5.16 Å². The molecule has 102 valence electrons. The van der Waals surface area contributed by atoms with Gasteiger partial charge in [0.25, 0.3) is 0 Å². The van der Waals surface area contributed by atoms with Crippen molar-refractivity contribution >= 4 is 11.8 Å². The minimum atomic E-state index is -0.343. The number of aromatic nitrogens is 4. The zero-order valence-electron chi connectivity index (χ0n) is 11.0. The van der Waals surface area contributed by atoms with Gasteiger partial charge in [-0.3, -0.25) is 5.32 Å². The number of tetrazole rings is 1. The molecule has 2 fully saturated rings. The summed E-state index contributed by atoms with van der Waals surface area (Å²) in [5, 5.41) is 26.0. The lowest BCUT2D eigenvalue weighted by atomic mass is 10.0. The minimum Gasteiger partial charge on any atom is -0.300 e. The van der Waals surface area contributed by atoms with Gasteiger partial charge in [-0.05, 0) is 49.1 Å². The monoisotopic (exact) mass is 278 g/mol. The minimum absolute atomic E-state index is 0.343. The van der Waals surface area contributed by atoms with Crippen LogP contribution in [0.5, 0.6) is 0 Å². The average molecular weight is 278 g/mol. The van der Waals surface area contributed by atoms with Crippen LogP contribution in [-0.2, 0) is 0 Å². The van der Waals surface area contributed by atoms with E-state index in [4.69, 9.17) is 0 Å². The maximum Gasteiger partial charge on any atom is 0.209 e. The van der Waals surface area contributed by atoms with Gasteiger partial charge in [0, 0.05) is 5.25 Å². The van der Waals surface area contributed by atoms with Crippen molar-refractivity contribution in [1.29, 1.82) is 5.26 Å². The van der Waals surface area contributed by atoms with Gasteiger partial charge in [0.15, 0.2) is 0 Å². The Morgan fingerprint density at radius 3 is 3.05 bits per heavy atom. The van der Waals surface area contributed by atoms with Crippen LogP contribution in [0.25, 0.3) is 0 Å². The van der Waals surface area contributed by atoms with Crippen LogP contribution in [0.1, 0.15) is 45.1 Å². The molecule has 19 heavy (non-hydrogen) atoms. The molecule has 0 aliphatic heterocycles. The molecule has 1 N–H and O–H groups in total. The van der Waals surface area contributed by atoms with E-state index in [0.29, 0.717) is 11.3 Å².